The third-order valence-electron chi connectivity index (χ3n) is 6.76. The Morgan fingerprint density at radius 2 is 1.64 bits per heavy atom. The Morgan fingerprint density at radius 1 is 0.917 bits per heavy atom. The van der Waals surface area contributed by atoms with E-state index in [1.165, 1.54) is 12.1 Å². The number of nitrogens with zero attached hydrogens (tertiary/aromatic N) is 7. The molecule has 6 rings (SSSR count). The van der Waals surface area contributed by atoms with E-state index in [0.717, 1.165) is 65.4 Å². The molecule has 1 aliphatic rings. The molecule has 0 bridgehead atoms. The fourth-order valence-corrected chi connectivity index (χ4v) is 4.57. The molecule has 1 aromatic carbocycles. The Hall–Kier alpha value is -4.38. The van der Waals surface area contributed by atoms with Gasteiger partial charge in [0.25, 0.3) is 0 Å². The first-order chi connectivity index (χ1) is 17.5. The Labute approximate surface area is 206 Å². The molecule has 11 heteroatoms. The summed E-state index contributed by atoms with van der Waals surface area (Å²) in [6.07, 6.45) is 8.71. The molecule has 1 saturated heterocycles. The Bertz CT molecular complexity index is 1470. The molecule has 1 aliphatic heterocycles. The number of benzene rings is 1. The maximum absolute atomic E-state index is 13.3. The minimum Gasteiger partial charge on any atom is -0.352 e. The number of anilines is 2. The van der Waals surface area contributed by atoms with Crippen LogP contribution in [0.2, 0.25) is 0 Å². The topological polar surface area (TPSA) is 129 Å². The summed E-state index contributed by atoms with van der Waals surface area (Å²) in [5.41, 5.74) is 10.0. The quantitative estimate of drug-likeness (QED) is 0.347. The van der Waals surface area contributed by atoms with E-state index in [1.807, 2.05) is 13.1 Å². The number of aromatic nitrogens is 7. The molecule has 1 fully saturated rings. The Balaban J connectivity index is 1.17. The predicted molar refractivity (Wildman–Crippen MR) is 135 cm³/mol. The number of halogens is 1. The summed E-state index contributed by atoms with van der Waals surface area (Å²) in [7, 11) is 0. The number of fused-ring (bicyclic) bond motifs is 1. The fraction of sp³-hybridized carbons (Fsp3) is 0.240. The molecular weight excluding hydrogens is 459 g/mol. The lowest BCUT2D eigenvalue weighted by Gasteiger charge is -2.35. The first-order valence-electron chi connectivity index (χ1n) is 11.7. The van der Waals surface area contributed by atoms with Crippen LogP contribution in [-0.2, 0) is 5.54 Å². The highest BCUT2D eigenvalue weighted by atomic mass is 19.1. The van der Waals surface area contributed by atoms with Crippen LogP contribution in [0.4, 0.5) is 16.2 Å². The molecule has 0 radical (unpaired) electrons. The zero-order valence-electron chi connectivity index (χ0n) is 19.7. The van der Waals surface area contributed by atoms with E-state index in [0.29, 0.717) is 5.95 Å². The number of rotatable bonds is 5. The van der Waals surface area contributed by atoms with Gasteiger partial charge in [0.1, 0.15) is 23.6 Å². The van der Waals surface area contributed by atoms with Gasteiger partial charge in [-0.25, -0.2) is 24.3 Å². The van der Waals surface area contributed by atoms with Gasteiger partial charge in [-0.1, -0.05) is 12.1 Å². The van der Waals surface area contributed by atoms with Crippen LogP contribution in [0.1, 0.15) is 18.1 Å². The van der Waals surface area contributed by atoms with Gasteiger partial charge in [0, 0.05) is 55.9 Å². The van der Waals surface area contributed by atoms with Crippen molar-refractivity contribution >= 4 is 22.8 Å². The van der Waals surface area contributed by atoms with Crippen molar-refractivity contribution < 1.29 is 4.39 Å². The predicted octanol–water partition coefficient (Wildman–Crippen LogP) is 2.83. The molecule has 5 aromatic rings. The number of hydrogen-bond donors (Lipinski definition) is 3. The molecule has 0 saturated carbocycles. The van der Waals surface area contributed by atoms with Crippen LogP contribution in [0.5, 0.6) is 0 Å². The minimum atomic E-state index is -0.824. The molecule has 36 heavy (non-hydrogen) atoms. The molecule has 0 aliphatic carbocycles. The van der Waals surface area contributed by atoms with Gasteiger partial charge >= 0.3 is 0 Å². The third-order valence-corrected chi connectivity index (χ3v) is 6.76. The van der Waals surface area contributed by atoms with Crippen molar-refractivity contribution in [2.24, 2.45) is 5.73 Å². The maximum atomic E-state index is 13.3. The van der Waals surface area contributed by atoms with E-state index < -0.39 is 5.54 Å². The van der Waals surface area contributed by atoms with Gasteiger partial charge in [0.2, 0.25) is 5.95 Å². The van der Waals surface area contributed by atoms with Crippen molar-refractivity contribution in [1.82, 2.24) is 35.1 Å². The highest BCUT2D eigenvalue weighted by molar-refractivity contribution is 5.91. The van der Waals surface area contributed by atoms with Crippen LogP contribution in [0.25, 0.3) is 22.3 Å². The maximum Gasteiger partial charge on any atom is 0.225 e. The number of piperazine rings is 1. The lowest BCUT2D eigenvalue weighted by Crippen LogP contribution is -2.47. The van der Waals surface area contributed by atoms with Gasteiger partial charge < -0.3 is 20.5 Å². The van der Waals surface area contributed by atoms with Crippen LogP contribution in [0.15, 0.2) is 61.4 Å². The van der Waals surface area contributed by atoms with Crippen molar-refractivity contribution in [2.45, 2.75) is 12.5 Å². The van der Waals surface area contributed by atoms with Crippen molar-refractivity contribution in [3.63, 3.8) is 0 Å². The van der Waals surface area contributed by atoms with Crippen LogP contribution in [0, 0.1) is 5.82 Å². The van der Waals surface area contributed by atoms with Crippen LogP contribution < -0.4 is 15.5 Å². The zero-order chi connectivity index (χ0) is 24.7. The summed E-state index contributed by atoms with van der Waals surface area (Å²) in [5.74, 6) is 1.27. The molecule has 4 aromatic heterocycles. The Kier molecular flexibility index (Phi) is 5.33. The van der Waals surface area contributed by atoms with Crippen LogP contribution in [0.3, 0.4) is 0 Å². The summed E-state index contributed by atoms with van der Waals surface area (Å²) in [6, 6.07) is 8.26. The van der Waals surface area contributed by atoms with Gasteiger partial charge in [-0.2, -0.15) is 5.10 Å². The normalized spacial score (nSPS) is 15.9. The second kappa shape index (κ2) is 8.68. The van der Waals surface area contributed by atoms with Crippen molar-refractivity contribution in [1.29, 1.82) is 0 Å². The van der Waals surface area contributed by atoms with Crippen LogP contribution in [-0.4, -0.2) is 61.3 Å². The second-order valence-electron chi connectivity index (χ2n) is 9.08. The molecule has 182 valence electrons. The summed E-state index contributed by atoms with van der Waals surface area (Å²) in [4.78, 5) is 25.9. The lowest BCUT2D eigenvalue weighted by molar-refractivity contribution is 0.585. The summed E-state index contributed by atoms with van der Waals surface area (Å²) in [5, 5.41) is 7.84. The number of hydrogen-bond acceptors (Lipinski definition) is 8. The van der Waals surface area contributed by atoms with E-state index in [4.69, 9.17) is 5.73 Å². The first kappa shape index (κ1) is 22.1. The number of nitrogens with two attached hydrogens (primary N) is 1. The largest absolute Gasteiger partial charge is 0.352 e. The van der Waals surface area contributed by atoms with E-state index in [2.05, 4.69) is 51.0 Å². The van der Waals surface area contributed by atoms with Crippen LogP contribution >= 0.6 is 0 Å². The van der Waals surface area contributed by atoms with E-state index in [-0.39, 0.29) is 5.82 Å². The molecule has 0 spiro atoms. The third kappa shape index (κ3) is 3.93. The molecular formula is C25H25FN10. The van der Waals surface area contributed by atoms with E-state index in [1.54, 1.807) is 37.1 Å². The molecule has 5 heterocycles. The molecule has 0 unspecified atom stereocenters. The highest BCUT2D eigenvalue weighted by Gasteiger charge is 2.26. The fourth-order valence-electron chi connectivity index (χ4n) is 4.57. The highest BCUT2D eigenvalue weighted by Crippen LogP contribution is 2.30. The monoisotopic (exact) mass is 484 g/mol. The molecule has 1 atom stereocenters. The first-order valence-corrected chi connectivity index (χ1v) is 11.7. The van der Waals surface area contributed by atoms with Crippen molar-refractivity contribution in [3.8, 4) is 11.3 Å². The molecule has 10 nitrogen and oxygen atoms in total. The van der Waals surface area contributed by atoms with Gasteiger partial charge in [-0.3, -0.25) is 5.10 Å². The van der Waals surface area contributed by atoms with Crippen molar-refractivity contribution in [2.75, 3.05) is 36.0 Å². The summed E-state index contributed by atoms with van der Waals surface area (Å²) < 4.78 is 13.3. The van der Waals surface area contributed by atoms with E-state index >= 15 is 0 Å². The smallest absolute Gasteiger partial charge is 0.225 e. The number of H-pyrrole nitrogens is 2. The summed E-state index contributed by atoms with van der Waals surface area (Å²) >= 11 is 0. The number of aromatic amines is 2. The van der Waals surface area contributed by atoms with Gasteiger partial charge in [-0.05, 0) is 30.7 Å². The zero-order valence-corrected chi connectivity index (χ0v) is 19.7. The lowest BCUT2D eigenvalue weighted by atomic mass is 9.87. The van der Waals surface area contributed by atoms with E-state index in [9.17, 15) is 4.39 Å². The standard InChI is InChI=1S/C25H25FN10/c1-25(27,17-2-4-19(26)5-3-17)18-13-28-24(29-14-18)36-8-6-35(7-9-36)23-20-10-21(16-11-32-33-12-16)34-22(20)30-15-31-23/h2-5,10-15H,6-9,27H2,1H3,(H,32,33)(H,30,31,34)/t25-/m0/s1. The van der Waals surface area contributed by atoms with Gasteiger partial charge in [-0.15, -0.1) is 0 Å². The average molecular weight is 485 g/mol. The minimum absolute atomic E-state index is 0.294. The second-order valence-corrected chi connectivity index (χ2v) is 9.08. The summed E-state index contributed by atoms with van der Waals surface area (Å²) in [6.45, 7) is 4.92. The molecule has 0 amide bonds. The number of nitrogens with one attached hydrogen (secondary N) is 2. The van der Waals surface area contributed by atoms with Gasteiger partial charge in [0.05, 0.1) is 22.8 Å². The van der Waals surface area contributed by atoms with Crippen molar-refractivity contribution in [3.05, 3.63) is 78.4 Å². The Morgan fingerprint density at radius 3 is 2.33 bits per heavy atom. The average Bonchev–Trinajstić information content (AvgIpc) is 3.59. The van der Waals surface area contributed by atoms with Gasteiger partial charge in [0.15, 0.2) is 0 Å². The SMILES string of the molecule is C[C@](N)(c1ccc(F)cc1)c1cnc(N2CCN(c3ncnc4[nH]c(-c5cn[nH]c5)cc34)CC2)nc1. The molecule has 4 N–H and O–H groups in total.